The Kier molecular flexibility index (Phi) is 3.85. The van der Waals surface area contributed by atoms with Crippen LogP contribution in [-0.2, 0) is 6.18 Å². The van der Waals surface area contributed by atoms with Crippen LogP contribution in [-0.4, -0.2) is 6.21 Å². The van der Waals surface area contributed by atoms with Gasteiger partial charge >= 0.3 is 6.18 Å². The van der Waals surface area contributed by atoms with Crippen LogP contribution in [0.2, 0.25) is 0 Å². The van der Waals surface area contributed by atoms with Gasteiger partial charge in [-0.25, -0.2) is 0 Å². The van der Waals surface area contributed by atoms with Crippen LogP contribution in [0.3, 0.4) is 0 Å². The maximum Gasteiger partial charge on any atom is 0.416 e. The standard InChI is InChI=1S/C14H11F3N2/c15-14(16,17)12-6-8-13(9-7-12)19-18-10-11-4-2-1-3-5-11/h1-10,19H/b18-10+. The molecule has 0 aromatic heterocycles. The maximum atomic E-state index is 12.3. The Hall–Kier alpha value is -2.30. The molecular formula is C14H11F3N2. The van der Waals surface area contributed by atoms with Gasteiger partial charge in [-0.05, 0) is 29.8 Å². The third kappa shape index (κ3) is 3.84. The van der Waals surface area contributed by atoms with E-state index < -0.39 is 11.7 Å². The van der Waals surface area contributed by atoms with Gasteiger partial charge in [0.1, 0.15) is 0 Å². The van der Waals surface area contributed by atoms with Gasteiger partial charge in [0.2, 0.25) is 0 Å². The van der Waals surface area contributed by atoms with Crippen molar-refractivity contribution in [3.05, 3.63) is 65.7 Å². The summed E-state index contributed by atoms with van der Waals surface area (Å²) in [5.74, 6) is 0. The average molecular weight is 264 g/mol. The van der Waals surface area contributed by atoms with Crippen molar-refractivity contribution in [3.63, 3.8) is 0 Å². The molecule has 0 heterocycles. The number of halogens is 3. The lowest BCUT2D eigenvalue weighted by atomic mass is 10.2. The van der Waals surface area contributed by atoms with Crippen molar-refractivity contribution in [2.45, 2.75) is 6.18 Å². The van der Waals surface area contributed by atoms with Gasteiger partial charge < -0.3 is 0 Å². The minimum atomic E-state index is -4.31. The summed E-state index contributed by atoms with van der Waals surface area (Å²) in [6, 6.07) is 14.1. The highest BCUT2D eigenvalue weighted by Crippen LogP contribution is 2.29. The van der Waals surface area contributed by atoms with Gasteiger partial charge in [0.05, 0.1) is 17.5 Å². The van der Waals surface area contributed by atoms with E-state index in [1.165, 1.54) is 12.1 Å². The van der Waals surface area contributed by atoms with Crippen LogP contribution >= 0.6 is 0 Å². The Morgan fingerprint density at radius 1 is 0.895 bits per heavy atom. The second kappa shape index (κ2) is 5.56. The monoisotopic (exact) mass is 264 g/mol. The van der Waals surface area contributed by atoms with Crippen molar-refractivity contribution in [3.8, 4) is 0 Å². The Bertz CT molecular complexity index is 545. The van der Waals surface area contributed by atoms with Crippen LogP contribution in [0, 0.1) is 0 Å². The van der Waals surface area contributed by atoms with E-state index in [4.69, 9.17) is 0 Å². The number of nitrogens with zero attached hydrogens (tertiary/aromatic N) is 1. The summed E-state index contributed by atoms with van der Waals surface area (Å²) < 4.78 is 37.0. The molecule has 0 fully saturated rings. The fourth-order valence-electron chi connectivity index (χ4n) is 1.45. The highest BCUT2D eigenvalue weighted by molar-refractivity contribution is 5.80. The molecule has 0 spiro atoms. The Morgan fingerprint density at radius 2 is 1.53 bits per heavy atom. The Balaban J connectivity index is 1.99. The van der Waals surface area contributed by atoms with Crippen LogP contribution in [0.15, 0.2) is 59.7 Å². The predicted octanol–water partition coefficient (Wildman–Crippen LogP) is 4.15. The van der Waals surface area contributed by atoms with Gasteiger partial charge in [-0.15, -0.1) is 0 Å². The van der Waals surface area contributed by atoms with Crippen molar-refractivity contribution in [2.75, 3.05) is 5.43 Å². The molecule has 2 nitrogen and oxygen atoms in total. The topological polar surface area (TPSA) is 24.4 Å². The average Bonchev–Trinajstić information content (AvgIpc) is 2.39. The van der Waals surface area contributed by atoms with Gasteiger partial charge in [0.25, 0.3) is 0 Å². The molecular weight excluding hydrogens is 253 g/mol. The zero-order valence-corrected chi connectivity index (χ0v) is 9.85. The number of anilines is 1. The van der Waals surface area contributed by atoms with Crippen molar-refractivity contribution in [1.29, 1.82) is 0 Å². The van der Waals surface area contributed by atoms with E-state index in [0.29, 0.717) is 5.69 Å². The van der Waals surface area contributed by atoms with Crippen LogP contribution in [0.25, 0.3) is 0 Å². The van der Waals surface area contributed by atoms with E-state index in [1.54, 1.807) is 6.21 Å². The number of hydrogen-bond donors (Lipinski definition) is 1. The minimum Gasteiger partial charge on any atom is -0.279 e. The molecule has 5 heteroatoms. The first kappa shape index (κ1) is 13.1. The van der Waals surface area contributed by atoms with Crippen LogP contribution < -0.4 is 5.43 Å². The number of rotatable bonds is 3. The summed E-state index contributed by atoms with van der Waals surface area (Å²) in [5, 5.41) is 3.95. The molecule has 2 aromatic carbocycles. The fraction of sp³-hybridized carbons (Fsp3) is 0.0714. The van der Waals surface area contributed by atoms with Crippen LogP contribution in [0.5, 0.6) is 0 Å². The van der Waals surface area contributed by atoms with E-state index in [0.717, 1.165) is 17.7 Å². The maximum absolute atomic E-state index is 12.3. The molecule has 0 aliphatic rings. The highest BCUT2D eigenvalue weighted by atomic mass is 19.4. The first-order chi connectivity index (χ1) is 9.05. The highest BCUT2D eigenvalue weighted by Gasteiger charge is 2.29. The second-order valence-corrected chi connectivity index (χ2v) is 3.86. The summed E-state index contributed by atoms with van der Waals surface area (Å²) in [4.78, 5) is 0. The molecule has 0 radical (unpaired) electrons. The first-order valence-corrected chi connectivity index (χ1v) is 5.57. The molecule has 0 amide bonds. The largest absolute Gasteiger partial charge is 0.416 e. The smallest absolute Gasteiger partial charge is 0.279 e. The lowest BCUT2D eigenvalue weighted by Gasteiger charge is -2.07. The number of hydrogen-bond acceptors (Lipinski definition) is 2. The van der Waals surface area contributed by atoms with Crippen LogP contribution in [0.4, 0.5) is 18.9 Å². The Morgan fingerprint density at radius 3 is 2.11 bits per heavy atom. The lowest BCUT2D eigenvalue weighted by Crippen LogP contribution is -2.04. The number of benzene rings is 2. The zero-order chi connectivity index (χ0) is 13.7. The molecule has 0 aliphatic carbocycles. The molecule has 0 atom stereocenters. The summed E-state index contributed by atoms with van der Waals surface area (Å²) >= 11 is 0. The molecule has 98 valence electrons. The third-order valence-electron chi connectivity index (χ3n) is 2.42. The minimum absolute atomic E-state index is 0.500. The van der Waals surface area contributed by atoms with Gasteiger partial charge in [-0.3, -0.25) is 5.43 Å². The SMILES string of the molecule is FC(F)(F)c1ccc(N/N=C/c2ccccc2)cc1. The molecule has 2 aromatic rings. The molecule has 0 aliphatic heterocycles. The molecule has 2 rings (SSSR count). The molecule has 0 saturated carbocycles. The van der Waals surface area contributed by atoms with Gasteiger partial charge in [-0.2, -0.15) is 18.3 Å². The first-order valence-electron chi connectivity index (χ1n) is 5.57. The predicted molar refractivity (Wildman–Crippen MR) is 69.1 cm³/mol. The molecule has 19 heavy (non-hydrogen) atoms. The number of nitrogens with one attached hydrogen (secondary N) is 1. The lowest BCUT2D eigenvalue weighted by molar-refractivity contribution is -0.137. The summed E-state index contributed by atoms with van der Waals surface area (Å²) in [6.45, 7) is 0. The number of hydrazone groups is 1. The van der Waals surface area contributed by atoms with Crippen molar-refractivity contribution >= 4 is 11.9 Å². The molecule has 1 N–H and O–H groups in total. The van der Waals surface area contributed by atoms with Gasteiger partial charge in [0, 0.05) is 0 Å². The third-order valence-corrected chi connectivity index (χ3v) is 2.42. The second-order valence-electron chi connectivity index (χ2n) is 3.86. The van der Waals surface area contributed by atoms with E-state index >= 15 is 0 Å². The molecule has 0 unspecified atom stereocenters. The molecule has 0 bridgehead atoms. The fourth-order valence-corrected chi connectivity index (χ4v) is 1.45. The quantitative estimate of drug-likeness (QED) is 0.653. The van der Waals surface area contributed by atoms with E-state index in [9.17, 15) is 13.2 Å². The van der Waals surface area contributed by atoms with E-state index in [-0.39, 0.29) is 0 Å². The molecule has 0 saturated heterocycles. The summed E-state index contributed by atoms with van der Waals surface area (Å²) in [5.41, 5.74) is 3.40. The normalized spacial score (nSPS) is 11.7. The van der Waals surface area contributed by atoms with E-state index in [1.807, 2.05) is 30.3 Å². The summed E-state index contributed by atoms with van der Waals surface area (Å²) in [7, 11) is 0. The van der Waals surface area contributed by atoms with Gasteiger partial charge in [-0.1, -0.05) is 30.3 Å². The van der Waals surface area contributed by atoms with Crippen molar-refractivity contribution in [1.82, 2.24) is 0 Å². The van der Waals surface area contributed by atoms with Gasteiger partial charge in [0.15, 0.2) is 0 Å². The Labute approximate surface area is 108 Å². The number of alkyl halides is 3. The summed E-state index contributed by atoms with van der Waals surface area (Å²) in [6.07, 6.45) is -2.72. The van der Waals surface area contributed by atoms with Crippen LogP contribution in [0.1, 0.15) is 11.1 Å². The van der Waals surface area contributed by atoms with Crippen molar-refractivity contribution < 1.29 is 13.2 Å². The van der Waals surface area contributed by atoms with Crippen molar-refractivity contribution in [2.24, 2.45) is 5.10 Å². The zero-order valence-electron chi connectivity index (χ0n) is 9.85. The van der Waals surface area contributed by atoms with E-state index in [2.05, 4.69) is 10.5 Å².